The number of nitrogens with one attached hydrogen (secondary N) is 1. The smallest absolute Gasteiger partial charge is 0.256 e. The van der Waals surface area contributed by atoms with Gasteiger partial charge in [-0.15, -0.1) is 5.10 Å². The molecule has 0 fully saturated rings. The van der Waals surface area contributed by atoms with Gasteiger partial charge in [0.2, 0.25) is 0 Å². The topological polar surface area (TPSA) is 46.9 Å². The summed E-state index contributed by atoms with van der Waals surface area (Å²) in [6.07, 6.45) is 0.762. The SMILES string of the molecule is CCc1cc(NC(=O)c2ccc(Cl)c(Cl)c2)nn1-c1ccc(Cl)cc1. The highest BCUT2D eigenvalue weighted by molar-refractivity contribution is 6.42. The second-order valence-corrected chi connectivity index (χ2v) is 6.60. The molecule has 7 heteroatoms. The Morgan fingerprint density at radius 3 is 2.40 bits per heavy atom. The zero-order valence-corrected chi connectivity index (χ0v) is 15.5. The van der Waals surface area contributed by atoms with Crippen LogP contribution in [0, 0.1) is 0 Å². The van der Waals surface area contributed by atoms with Gasteiger partial charge in [0.25, 0.3) is 5.91 Å². The number of hydrogen-bond donors (Lipinski definition) is 1. The molecule has 2 aromatic carbocycles. The Balaban J connectivity index is 1.86. The van der Waals surface area contributed by atoms with Gasteiger partial charge in [-0.25, -0.2) is 4.68 Å². The summed E-state index contributed by atoms with van der Waals surface area (Å²) < 4.78 is 1.78. The van der Waals surface area contributed by atoms with E-state index in [1.165, 1.54) is 6.07 Å². The van der Waals surface area contributed by atoms with Gasteiger partial charge in [-0.1, -0.05) is 41.7 Å². The summed E-state index contributed by atoms with van der Waals surface area (Å²) in [5.74, 6) is 0.157. The van der Waals surface area contributed by atoms with E-state index in [0.717, 1.165) is 17.8 Å². The normalized spacial score (nSPS) is 10.7. The summed E-state index contributed by atoms with van der Waals surface area (Å²) >= 11 is 17.8. The quantitative estimate of drug-likeness (QED) is 0.622. The number of aryl methyl sites for hydroxylation is 1. The molecule has 0 saturated carbocycles. The van der Waals surface area contributed by atoms with E-state index >= 15 is 0 Å². The first-order valence-corrected chi connectivity index (χ1v) is 8.72. The lowest BCUT2D eigenvalue weighted by Gasteiger charge is -2.05. The Labute approximate surface area is 160 Å². The third-order valence-electron chi connectivity index (χ3n) is 3.64. The lowest BCUT2D eigenvalue weighted by Crippen LogP contribution is -2.12. The molecule has 0 saturated heterocycles. The minimum Gasteiger partial charge on any atom is -0.305 e. The van der Waals surface area contributed by atoms with Crippen molar-refractivity contribution in [1.82, 2.24) is 9.78 Å². The van der Waals surface area contributed by atoms with E-state index in [0.29, 0.717) is 26.4 Å². The molecule has 1 amide bonds. The number of carbonyl (C=O) groups excluding carboxylic acids is 1. The van der Waals surface area contributed by atoms with Crippen LogP contribution in [0.5, 0.6) is 0 Å². The number of benzene rings is 2. The van der Waals surface area contributed by atoms with E-state index in [2.05, 4.69) is 10.4 Å². The van der Waals surface area contributed by atoms with Crippen LogP contribution in [0.15, 0.2) is 48.5 Å². The highest BCUT2D eigenvalue weighted by atomic mass is 35.5. The fraction of sp³-hybridized carbons (Fsp3) is 0.111. The van der Waals surface area contributed by atoms with Crippen molar-refractivity contribution in [3.63, 3.8) is 0 Å². The van der Waals surface area contributed by atoms with Crippen molar-refractivity contribution >= 4 is 46.5 Å². The van der Waals surface area contributed by atoms with Gasteiger partial charge in [0.15, 0.2) is 5.82 Å². The molecule has 128 valence electrons. The van der Waals surface area contributed by atoms with Crippen LogP contribution < -0.4 is 5.32 Å². The van der Waals surface area contributed by atoms with Crippen LogP contribution in [-0.2, 0) is 6.42 Å². The van der Waals surface area contributed by atoms with Crippen molar-refractivity contribution in [3.05, 3.63) is 74.9 Å². The number of amides is 1. The third-order valence-corrected chi connectivity index (χ3v) is 4.63. The molecule has 1 heterocycles. The Bertz CT molecular complexity index is 920. The van der Waals surface area contributed by atoms with Crippen molar-refractivity contribution in [2.24, 2.45) is 0 Å². The highest BCUT2D eigenvalue weighted by Crippen LogP contribution is 2.23. The van der Waals surface area contributed by atoms with E-state index in [-0.39, 0.29) is 5.91 Å². The highest BCUT2D eigenvalue weighted by Gasteiger charge is 2.13. The first-order valence-electron chi connectivity index (χ1n) is 7.59. The number of rotatable bonds is 4. The van der Waals surface area contributed by atoms with Crippen LogP contribution >= 0.6 is 34.8 Å². The number of nitrogens with zero attached hydrogens (tertiary/aromatic N) is 2. The first kappa shape index (κ1) is 17.8. The molecule has 0 spiro atoms. The molecule has 25 heavy (non-hydrogen) atoms. The average molecular weight is 395 g/mol. The van der Waals surface area contributed by atoms with Crippen LogP contribution in [0.3, 0.4) is 0 Å². The molecule has 0 aliphatic heterocycles. The van der Waals surface area contributed by atoms with Crippen LogP contribution in [0.25, 0.3) is 5.69 Å². The van der Waals surface area contributed by atoms with Crippen LogP contribution in [0.2, 0.25) is 15.1 Å². The molecular weight excluding hydrogens is 381 g/mol. The standard InChI is InChI=1S/C18H14Cl3N3O/c1-2-13-10-17(23-24(13)14-6-4-12(19)5-7-14)22-18(25)11-3-8-15(20)16(21)9-11/h3-10H,2H2,1H3,(H,22,23,25). The first-order chi connectivity index (χ1) is 12.0. The molecule has 0 unspecified atom stereocenters. The van der Waals surface area contributed by atoms with Crippen molar-refractivity contribution in [2.75, 3.05) is 5.32 Å². The van der Waals surface area contributed by atoms with Gasteiger partial charge in [0.05, 0.1) is 15.7 Å². The molecular formula is C18H14Cl3N3O. The molecule has 1 N–H and O–H groups in total. The Morgan fingerprint density at radius 2 is 1.76 bits per heavy atom. The van der Waals surface area contributed by atoms with Crippen molar-refractivity contribution in [1.29, 1.82) is 0 Å². The molecule has 3 aromatic rings. The Morgan fingerprint density at radius 1 is 1.04 bits per heavy atom. The van der Waals surface area contributed by atoms with Gasteiger partial charge in [-0.3, -0.25) is 4.79 Å². The van der Waals surface area contributed by atoms with Gasteiger partial charge in [-0.2, -0.15) is 0 Å². The molecule has 0 aliphatic rings. The summed E-state index contributed by atoms with van der Waals surface area (Å²) in [7, 11) is 0. The van der Waals surface area contributed by atoms with E-state index in [9.17, 15) is 4.79 Å². The maximum absolute atomic E-state index is 12.4. The van der Waals surface area contributed by atoms with E-state index in [4.69, 9.17) is 34.8 Å². The van der Waals surface area contributed by atoms with Gasteiger partial charge >= 0.3 is 0 Å². The zero-order chi connectivity index (χ0) is 18.0. The van der Waals surface area contributed by atoms with Gasteiger partial charge < -0.3 is 5.32 Å². The van der Waals surface area contributed by atoms with Gasteiger partial charge in [0, 0.05) is 22.3 Å². The number of aromatic nitrogens is 2. The predicted molar refractivity (Wildman–Crippen MR) is 102 cm³/mol. The summed E-state index contributed by atoms with van der Waals surface area (Å²) in [4.78, 5) is 12.4. The van der Waals surface area contributed by atoms with Crippen molar-refractivity contribution < 1.29 is 4.79 Å². The molecule has 4 nitrogen and oxygen atoms in total. The summed E-state index contributed by atoms with van der Waals surface area (Å²) in [5.41, 5.74) is 2.25. The van der Waals surface area contributed by atoms with E-state index < -0.39 is 0 Å². The second kappa shape index (κ2) is 7.48. The molecule has 0 aliphatic carbocycles. The lowest BCUT2D eigenvalue weighted by molar-refractivity contribution is 0.102. The fourth-order valence-electron chi connectivity index (χ4n) is 2.36. The van der Waals surface area contributed by atoms with Crippen LogP contribution in [0.1, 0.15) is 23.0 Å². The minimum atomic E-state index is -0.304. The van der Waals surface area contributed by atoms with Crippen molar-refractivity contribution in [3.8, 4) is 5.69 Å². The Hall–Kier alpha value is -2.01. The lowest BCUT2D eigenvalue weighted by atomic mass is 10.2. The van der Waals surface area contributed by atoms with Gasteiger partial charge in [0.1, 0.15) is 0 Å². The summed E-state index contributed by atoms with van der Waals surface area (Å²) in [6, 6.07) is 13.9. The Kier molecular flexibility index (Phi) is 5.33. The molecule has 1 aromatic heterocycles. The number of anilines is 1. The van der Waals surface area contributed by atoms with Crippen molar-refractivity contribution in [2.45, 2.75) is 13.3 Å². The second-order valence-electron chi connectivity index (χ2n) is 5.35. The third kappa shape index (κ3) is 3.98. The average Bonchev–Trinajstić information content (AvgIpc) is 3.00. The molecule has 0 radical (unpaired) electrons. The maximum atomic E-state index is 12.4. The van der Waals surface area contributed by atoms with Gasteiger partial charge in [-0.05, 0) is 48.9 Å². The number of carbonyl (C=O) groups is 1. The largest absolute Gasteiger partial charge is 0.305 e. The molecule has 0 bridgehead atoms. The summed E-state index contributed by atoms with van der Waals surface area (Å²) in [5, 5.41) is 8.64. The summed E-state index contributed by atoms with van der Waals surface area (Å²) in [6.45, 7) is 2.02. The van der Waals surface area contributed by atoms with E-state index in [1.807, 2.05) is 25.1 Å². The maximum Gasteiger partial charge on any atom is 0.256 e. The minimum absolute atomic E-state index is 0.304. The number of halogens is 3. The molecule has 0 atom stereocenters. The van der Waals surface area contributed by atoms with Crippen LogP contribution in [0.4, 0.5) is 5.82 Å². The molecule has 3 rings (SSSR count). The van der Waals surface area contributed by atoms with E-state index in [1.54, 1.807) is 28.9 Å². The monoisotopic (exact) mass is 393 g/mol. The predicted octanol–water partition coefficient (Wildman–Crippen LogP) is 5.65. The zero-order valence-electron chi connectivity index (χ0n) is 13.3. The fourth-order valence-corrected chi connectivity index (χ4v) is 2.79. The van der Waals surface area contributed by atoms with Crippen LogP contribution in [-0.4, -0.2) is 15.7 Å². The number of hydrogen-bond acceptors (Lipinski definition) is 2.